The van der Waals surface area contributed by atoms with Gasteiger partial charge in [-0.05, 0) is 62.0 Å². The molecule has 12 heteroatoms. The van der Waals surface area contributed by atoms with E-state index in [0.717, 1.165) is 49.7 Å². The van der Waals surface area contributed by atoms with E-state index in [2.05, 4.69) is 20.1 Å². The summed E-state index contributed by atoms with van der Waals surface area (Å²) in [6.07, 6.45) is 3.06. The van der Waals surface area contributed by atoms with Crippen LogP contribution in [0.1, 0.15) is 96.8 Å². The smallest absolute Gasteiger partial charge is 0.172 e. The summed E-state index contributed by atoms with van der Waals surface area (Å²) in [5.74, 6) is -0.909. The molecule has 0 aliphatic carbocycles. The molecule has 52 heavy (non-hydrogen) atoms. The van der Waals surface area contributed by atoms with E-state index >= 15 is 0 Å². The van der Waals surface area contributed by atoms with Crippen molar-refractivity contribution in [2.24, 2.45) is 11.8 Å². The van der Waals surface area contributed by atoms with Crippen LogP contribution in [0.25, 0.3) is 0 Å². The number of aliphatic hydroxyl groups excluding tert-OH is 3. The Morgan fingerprint density at radius 3 is 2.42 bits per heavy atom. The van der Waals surface area contributed by atoms with Gasteiger partial charge in [0.25, 0.3) is 0 Å². The number of ketones is 1. The third-order valence-corrected chi connectivity index (χ3v) is 13.5. The normalized spacial score (nSPS) is 50.4. The number of Topliss-reactive ketones (excluding diaryl/α,β-unsaturated/α-hetero) is 1. The average Bonchev–Trinajstić information content (AvgIpc) is 3.72. The molecule has 0 saturated carbocycles. The van der Waals surface area contributed by atoms with Gasteiger partial charge in [-0.3, -0.25) is 4.79 Å². The lowest BCUT2D eigenvalue weighted by Crippen LogP contribution is -2.58. The van der Waals surface area contributed by atoms with Crippen LogP contribution in [-0.4, -0.2) is 132 Å². The lowest BCUT2D eigenvalue weighted by molar-refractivity contribution is -0.277. The average molecular weight is 733 g/mol. The van der Waals surface area contributed by atoms with Gasteiger partial charge in [0, 0.05) is 58.0 Å². The second-order valence-electron chi connectivity index (χ2n) is 17.2. The number of fused-ring (bicyclic) bond motifs is 9. The highest BCUT2D eigenvalue weighted by molar-refractivity contribution is 5.79. The molecular formula is C40H60O12. The molecule has 1 spiro atoms. The summed E-state index contributed by atoms with van der Waals surface area (Å²) in [6, 6.07) is 0. The second-order valence-corrected chi connectivity index (χ2v) is 17.2. The number of carbonyl (C=O) groups is 1. The summed E-state index contributed by atoms with van der Waals surface area (Å²) in [5, 5.41) is 31.2. The van der Waals surface area contributed by atoms with Gasteiger partial charge in [0.15, 0.2) is 5.79 Å². The van der Waals surface area contributed by atoms with Crippen molar-refractivity contribution in [1.82, 2.24) is 0 Å². The largest absolute Gasteiger partial charge is 0.394 e. The Morgan fingerprint density at radius 2 is 1.62 bits per heavy atom. The van der Waals surface area contributed by atoms with E-state index in [1.165, 1.54) is 0 Å². The van der Waals surface area contributed by atoms with Crippen molar-refractivity contribution in [2.75, 3.05) is 13.7 Å². The van der Waals surface area contributed by atoms with Gasteiger partial charge in [0.2, 0.25) is 0 Å². The second kappa shape index (κ2) is 15.3. The van der Waals surface area contributed by atoms with Gasteiger partial charge in [-0.2, -0.15) is 0 Å². The molecule has 8 heterocycles. The first kappa shape index (κ1) is 37.6. The Hall–Kier alpha value is -1.29. The van der Waals surface area contributed by atoms with Crippen molar-refractivity contribution < 1.29 is 58.0 Å². The number of hydrogen-bond donors (Lipinski definition) is 3. The maximum Gasteiger partial charge on any atom is 0.172 e. The van der Waals surface area contributed by atoms with Crippen LogP contribution in [0, 0.1) is 11.8 Å². The first-order valence-corrected chi connectivity index (χ1v) is 20.0. The molecule has 0 amide bonds. The number of methoxy groups -OCH3 is 1. The van der Waals surface area contributed by atoms with Crippen LogP contribution < -0.4 is 0 Å². The van der Waals surface area contributed by atoms with Gasteiger partial charge in [-0.15, -0.1) is 0 Å². The Labute approximate surface area is 307 Å². The van der Waals surface area contributed by atoms with Crippen LogP contribution in [0.15, 0.2) is 24.3 Å². The van der Waals surface area contributed by atoms with E-state index in [0.29, 0.717) is 32.1 Å². The molecule has 8 aliphatic heterocycles. The summed E-state index contributed by atoms with van der Waals surface area (Å²) in [6.45, 7) is 10.7. The van der Waals surface area contributed by atoms with Crippen molar-refractivity contribution in [3.8, 4) is 0 Å². The maximum absolute atomic E-state index is 14.0. The van der Waals surface area contributed by atoms with Crippen molar-refractivity contribution >= 4 is 5.78 Å². The zero-order valence-electron chi connectivity index (χ0n) is 30.9. The number of rotatable bonds is 4. The summed E-state index contributed by atoms with van der Waals surface area (Å²) in [4.78, 5) is 14.0. The minimum absolute atomic E-state index is 0.0101. The zero-order valence-corrected chi connectivity index (χ0v) is 30.9. The van der Waals surface area contributed by atoms with Crippen LogP contribution in [-0.2, 0) is 42.7 Å². The number of hydrogen-bond acceptors (Lipinski definition) is 12. The first-order valence-electron chi connectivity index (χ1n) is 20.0. The molecule has 10 bridgehead atoms. The predicted molar refractivity (Wildman–Crippen MR) is 186 cm³/mol. The van der Waals surface area contributed by atoms with Crippen molar-refractivity contribution in [3.05, 3.63) is 24.3 Å². The standard InChI is InChI=1S/C40H60O12/c1-20-11-25-5-7-30-21(2)12-27(46-30)9-10-40-18-29(44)38(52-40)35-17-36(51-40)39-31(49-35)8-6-26(48-39)13-23(42)14-28-33(16-32(47-25)22(20)3)50-34(37(28)45-4)15-24(43)19-41/h20,24-39,41,43-44H,2-3,5-19H2,1,4H3/t20-,24?,25?,26?,27?,28?,29-,30+,31?,32?,33+,34?,35-,36?,37-,38?,39?,40-/m1/s1. The molecule has 0 aromatic rings. The van der Waals surface area contributed by atoms with Gasteiger partial charge in [0.1, 0.15) is 18.0 Å². The van der Waals surface area contributed by atoms with E-state index in [1.807, 2.05) is 0 Å². The number of aliphatic hydroxyl groups is 3. The summed E-state index contributed by atoms with van der Waals surface area (Å²) < 4.78 is 52.7. The summed E-state index contributed by atoms with van der Waals surface area (Å²) in [7, 11) is 1.62. The molecule has 18 atom stereocenters. The lowest BCUT2D eigenvalue weighted by Gasteiger charge is -2.47. The Bertz CT molecular complexity index is 1330. The highest BCUT2D eigenvalue weighted by atomic mass is 16.7. The van der Waals surface area contributed by atoms with Crippen molar-refractivity contribution in [1.29, 1.82) is 0 Å². The van der Waals surface area contributed by atoms with E-state index in [9.17, 15) is 20.1 Å². The molecule has 0 radical (unpaired) electrons. The molecule has 12 nitrogen and oxygen atoms in total. The fourth-order valence-corrected chi connectivity index (χ4v) is 10.8. The predicted octanol–water partition coefficient (Wildman–Crippen LogP) is 3.46. The molecule has 8 saturated heterocycles. The van der Waals surface area contributed by atoms with Gasteiger partial charge in [-0.1, -0.05) is 20.1 Å². The molecular weight excluding hydrogens is 672 g/mol. The van der Waals surface area contributed by atoms with Gasteiger partial charge in [-0.25, -0.2) is 0 Å². The van der Waals surface area contributed by atoms with Gasteiger partial charge < -0.3 is 53.2 Å². The molecule has 8 rings (SSSR count). The molecule has 0 aromatic heterocycles. The molecule has 292 valence electrons. The fourth-order valence-electron chi connectivity index (χ4n) is 10.8. The van der Waals surface area contributed by atoms with E-state index < -0.39 is 36.3 Å². The lowest BCUT2D eigenvalue weighted by atomic mass is 9.81. The van der Waals surface area contributed by atoms with Gasteiger partial charge >= 0.3 is 0 Å². The highest BCUT2D eigenvalue weighted by Crippen LogP contribution is 2.49. The summed E-state index contributed by atoms with van der Waals surface area (Å²) >= 11 is 0. The van der Waals surface area contributed by atoms with Crippen LogP contribution >= 0.6 is 0 Å². The number of carbonyl (C=O) groups excluding carboxylic acids is 1. The Kier molecular flexibility index (Phi) is 11.1. The van der Waals surface area contributed by atoms with Gasteiger partial charge in [0.05, 0.1) is 86.0 Å². The van der Waals surface area contributed by atoms with Crippen LogP contribution in [0.3, 0.4) is 0 Å². The zero-order chi connectivity index (χ0) is 36.3. The molecule has 3 N–H and O–H groups in total. The third kappa shape index (κ3) is 7.48. The molecule has 0 aromatic carbocycles. The van der Waals surface area contributed by atoms with E-state index in [1.54, 1.807) is 7.11 Å². The maximum atomic E-state index is 14.0. The summed E-state index contributed by atoms with van der Waals surface area (Å²) in [5.41, 5.74) is 2.13. The topological polar surface area (TPSA) is 152 Å². The van der Waals surface area contributed by atoms with E-state index in [4.69, 9.17) is 37.9 Å². The third-order valence-electron chi connectivity index (χ3n) is 13.5. The van der Waals surface area contributed by atoms with Crippen molar-refractivity contribution in [3.63, 3.8) is 0 Å². The molecule has 8 aliphatic rings. The monoisotopic (exact) mass is 732 g/mol. The fraction of sp³-hybridized carbons (Fsp3) is 0.875. The number of ether oxygens (including phenoxy) is 8. The molecule has 8 fully saturated rings. The molecule has 11 unspecified atom stereocenters. The van der Waals surface area contributed by atoms with Crippen LogP contribution in [0.5, 0.6) is 0 Å². The Morgan fingerprint density at radius 1 is 0.827 bits per heavy atom. The first-order chi connectivity index (χ1) is 25.0. The van der Waals surface area contributed by atoms with Crippen LogP contribution in [0.4, 0.5) is 0 Å². The van der Waals surface area contributed by atoms with Crippen LogP contribution in [0.2, 0.25) is 0 Å². The SMILES string of the molecule is C=C1C2C[C@@H]3OC(CC(O)CO)[C@H](OC)C3CC(=O)CC3CCC4O[C@@H]5CC(O[C@@]6(CCC7CC(=C)[C@H](CCC(C[C@H]1C)O2)O7)C[C@@H](O)C5O6)C4O3. The van der Waals surface area contributed by atoms with Crippen molar-refractivity contribution in [2.45, 2.75) is 194 Å². The quantitative estimate of drug-likeness (QED) is 0.363. The van der Waals surface area contributed by atoms with E-state index in [-0.39, 0.29) is 105 Å². The minimum Gasteiger partial charge on any atom is -0.394 e. The Balaban J connectivity index is 1.06. The minimum atomic E-state index is -0.957. The highest BCUT2D eigenvalue weighted by Gasteiger charge is 2.59.